The number of rotatable bonds is 6. The lowest BCUT2D eigenvalue weighted by molar-refractivity contribution is -0.142. The van der Waals surface area contributed by atoms with Crippen molar-refractivity contribution in [1.82, 2.24) is 15.6 Å². The average Bonchev–Trinajstić information content (AvgIpc) is 3.55. The topological polar surface area (TPSA) is 153 Å². The summed E-state index contributed by atoms with van der Waals surface area (Å²) in [5.41, 5.74) is 4.02. The van der Waals surface area contributed by atoms with E-state index in [2.05, 4.69) is 25.6 Å². The molecule has 2 heterocycles. The summed E-state index contributed by atoms with van der Waals surface area (Å²) < 4.78 is 15.2. The number of benzene rings is 2. The van der Waals surface area contributed by atoms with Gasteiger partial charge in [-0.2, -0.15) is 0 Å². The van der Waals surface area contributed by atoms with Gasteiger partial charge in [0.05, 0.1) is 19.3 Å². The van der Waals surface area contributed by atoms with Crippen LogP contribution in [0.4, 0.5) is 10.6 Å². The standard InChI is InChI=1S/C23H20N4O7/c28-21(24-18-11-32-9-17(18)22(29)30)19-20(27-34-26-19)25-23(31)33-10-16-14-7-3-1-5-12(14)13-6-2-4-8-15(13)16/h1-8,16-18H,9-11H2,(H,24,28)(H,29,30)(H,25,27,31). The van der Waals surface area contributed by atoms with Crippen molar-refractivity contribution in [2.24, 2.45) is 5.92 Å². The van der Waals surface area contributed by atoms with Gasteiger partial charge in [-0.25, -0.2) is 9.42 Å². The number of ether oxygens (including phenoxy) is 2. The summed E-state index contributed by atoms with van der Waals surface area (Å²) in [7, 11) is 0. The zero-order chi connectivity index (χ0) is 23.7. The van der Waals surface area contributed by atoms with Gasteiger partial charge in [0.25, 0.3) is 5.91 Å². The van der Waals surface area contributed by atoms with Crippen LogP contribution in [0.25, 0.3) is 11.1 Å². The van der Waals surface area contributed by atoms with Crippen molar-refractivity contribution < 1.29 is 33.6 Å². The lowest BCUT2D eigenvalue weighted by Crippen LogP contribution is -2.43. The highest BCUT2D eigenvalue weighted by atomic mass is 16.6. The first kappa shape index (κ1) is 21.6. The Bertz CT molecular complexity index is 1210. The summed E-state index contributed by atoms with van der Waals surface area (Å²) in [5.74, 6) is -3.09. The van der Waals surface area contributed by atoms with Crippen LogP contribution >= 0.6 is 0 Å². The van der Waals surface area contributed by atoms with E-state index in [4.69, 9.17) is 9.47 Å². The number of nitrogens with one attached hydrogen (secondary N) is 2. The van der Waals surface area contributed by atoms with Gasteiger partial charge in [-0.1, -0.05) is 48.5 Å². The fraction of sp³-hybridized carbons (Fsp3) is 0.261. The number of carbonyl (C=O) groups is 3. The quantitative estimate of drug-likeness (QED) is 0.498. The van der Waals surface area contributed by atoms with E-state index in [1.54, 1.807) is 0 Å². The SMILES string of the molecule is O=C(Nc1nonc1C(=O)NC1COCC1C(=O)O)OCC1c2ccccc2-c2ccccc21. The third-order valence-corrected chi connectivity index (χ3v) is 5.98. The molecule has 2 atom stereocenters. The first-order valence-corrected chi connectivity index (χ1v) is 10.6. The smallest absolute Gasteiger partial charge is 0.412 e. The Kier molecular flexibility index (Phi) is 5.68. The van der Waals surface area contributed by atoms with Gasteiger partial charge in [-0.15, -0.1) is 0 Å². The molecule has 3 aromatic rings. The molecule has 0 radical (unpaired) electrons. The van der Waals surface area contributed by atoms with Gasteiger partial charge in [0, 0.05) is 5.92 Å². The molecule has 3 N–H and O–H groups in total. The number of hydrogen-bond donors (Lipinski definition) is 3. The summed E-state index contributed by atoms with van der Waals surface area (Å²) in [5, 5.41) is 21.2. The van der Waals surface area contributed by atoms with Crippen molar-refractivity contribution in [3.63, 3.8) is 0 Å². The van der Waals surface area contributed by atoms with Crippen LogP contribution in [-0.4, -0.2) is 59.3 Å². The Morgan fingerprint density at radius 3 is 2.35 bits per heavy atom. The van der Waals surface area contributed by atoms with Gasteiger partial charge in [-0.05, 0) is 32.6 Å². The summed E-state index contributed by atoms with van der Waals surface area (Å²) in [4.78, 5) is 36.3. The van der Waals surface area contributed by atoms with Gasteiger partial charge in [-0.3, -0.25) is 14.9 Å². The van der Waals surface area contributed by atoms with Crippen molar-refractivity contribution in [1.29, 1.82) is 0 Å². The van der Waals surface area contributed by atoms with E-state index >= 15 is 0 Å². The second kappa shape index (κ2) is 8.94. The number of hydrogen-bond acceptors (Lipinski definition) is 8. The van der Waals surface area contributed by atoms with Crippen molar-refractivity contribution in [3.05, 3.63) is 65.4 Å². The molecule has 11 nitrogen and oxygen atoms in total. The van der Waals surface area contributed by atoms with Crippen LogP contribution in [0.1, 0.15) is 27.5 Å². The normalized spacial score (nSPS) is 18.7. The summed E-state index contributed by atoms with van der Waals surface area (Å²) in [6.07, 6.45) is -0.834. The predicted octanol–water partition coefficient (Wildman–Crippen LogP) is 2.26. The van der Waals surface area contributed by atoms with E-state index < -0.39 is 29.9 Å². The minimum absolute atomic E-state index is 0.0117. The number of carboxylic acids is 1. The Hall–Kier alpha value is -4.25. The second-order valence-corrected chi connectivity index (χ2v) is 7.97. The Balaban J connectivity index is 1.23. The van der Waals surface area contributed by atoms with Gasteiger partial charge >= 0.3 is 12.1 Å². The Morgan fingerprint density at radius 2 is 1.68 bits per heavy atom. The fourth-order valence-corrected chi connectivity index (χ4v) is 4.33. The van der Waals surface area contributed by atoms with Gasteiger partial charge < -0.3 is 19.9 Å². The summed E-state index contributed by atoms with van der Waals surface area (Å²) in [6, 6.07) is 15.1. The maximum Gasteiger partial charge on any atom is 0.412 e. The van der Waals surface area contributed by atoms with Crippen LogP contribution in [0, 0.1) is 5.92 Å². The number of amides is 2. The molecule has 2 aromatic carbocycles. The van der Waals surface area contributed by atoms with E-state index in [0.717, 1.165) is 22.3 Å². The molecule has 2 aliphatic rings. The molecule has 0 spiro atoms. The minimum Gasteiger partial charge on any atom is -0.481 e. The highest BCUT2D eigenvalue weighted by Crippen LogP contribution is 2.44. The summed E-state index contributed by atoms with van der Waals surface area (Å²) in [6.45, 7) is 0.109. The number of fused-ring (bicyclic) bond motifs is 3. The first-order chi connectivity index (χ1) is 16.5. The molecule has 34 heavy (non-hydrogen) atoms. The highest BCUT2D eigenvalue weighted by molar-refractivity contribution is 6.00. The van der Waals surface area contributed by atoms with E-state index in [1.165, 1.54) is 0 Å². The highest BCUT2D eigenvalue weighted by Gasteiger charge is 2.36. The van der Waals surface area contributed by atoms with Gasteiger partial charge in [0.1, 0.15) is 12.5 Å². The van der Waals surface area contributed by atoms with Gasteiger partial charge in [0.15, 0.2) is 0 Å². The molecule has 1 fully saturated rings. The monoisotopic (exact) mass is 464 g/mol. The van der Waals surface area contributed by atoms with E-state index in [9.17, 15) is 19.5 Å². The molecule has 1 saturated heterocycles. The molecule has 174 valence electrons. The van der Waals surface area contributed by atoms with Crippen molar-refractivity contribution >= 4 is 23.8 Å². The molecule has 1 aromatic heterocycles. The average molecular weight is 464 g/mol. The molecule has 1 aliphatic carbocycles. The molecule has 1 aliphatic heterocycles. The number of nitrogens with zero attached hydrogens (tertiary/aromatic N) is 2. The van der Waals surface area contributed by atoms with Crippen LogP contribution in [-0.2, 0) is 14.3 Å². The zero-order valence-electron chi connectivity index (χ0n) is 17.8. The number of carboxylic acid groups (broad SMARTS) is 1. The van der Waals surface area contributed by atoms with Crippen LogP contribution < -0.4 is 10.6 Å². The van der Waals surface area contributed by atoms with Crippen LogP contribution in [0.15, 0.2) is 53.2 Å². The zero-order valence-corrected chi connectivity index (χ0v) is 17.8. The van der Waals surface area contributed by atoms with E-state index in [1.807, 2.05) is 48.5 Å². The molecular weight excluding hydrogens is 444 g/mol. The van der Waals surface area contributed by atoms with Crippen molar-refractivity contribution in [3.8, 4) is 11.1 Å². The molecule has 2 amide bonds. The Morgan fingerprint density at radius 1 is 1.00 bits per heavy atom. The molecule has 0 bridgehead atoms. The lowest BCUT2D eigenvalue weighted by atomic mass is 9.98. The van der Waals surface area contributed by atoms with Crippen molar-refractivity contribution in [2.45, 2.75) is 12.0 Å². The summed E-state index contributed by atoms with van der Waals surface area (Å²) >= 11 is 0. The molecule has 0 saturated carbocycles. The molecule has 2 unspecified atom stereocenters. The number of aromatic nitrogens is 2. The fourth-order valence-electron chi connectivity index (χ4n) is 4.33. The maximum atomic E-state index is 12.6. The van der Waals surface area contributed by atoms with Gasteiger partial charge in [0.2, 0.25) is 11.5 Å². The van der Waals surface area contributed by atoms with E-state index in [-0.39, 0.29) is 37.3 Å². The van der Waals surface area contributed by atoms with Crippen LogP contribution in [0.5, 0.6) is 0 Å². The third kappa shape index (κ3) is 3.97. The maximum absolute atomic E-state index is 12.6. The van der Waals surface area contributed by atoms with Crippen LogP contribution in [0.3, 0.4) is 0 Å². The molecular formula is C23H20N4O7. The number of anilines is 1. The Labute approximate surface area is 193 Å². The minimum atomic E-state index is -1.09. The molecule has 5 rings (SSSR count). The van der Waals surface area contributed by atoms with Crippen molar-refractivity contribution in [2.75, 3.05) is 25.1 Å². The first-order valence-electron chi connectivity index (χ1n) is 10.6. The number of carbonyl (C=O) groups excluding carboxylic acids is 2. The van der Waals surface area contributed by atoms with E-state index in [0.29, 0.717) is 0 Å². The van der Waals surface area contributed by atoms with Crippen LogP contribution in [0.2, 0.25) is 0 Å². The number of aliphatic carboxylic acids is 1. The lowest BCUT2D eigenvalue weighted by Gasteiger charge is -2.15. The largest absolute Gasteiger partial charge is 0.481 e. The second-order valence-electron chi connectivity index (χ2n) is 7.97. The molecule has 11 heteroatoms. The predicted molar refractivity (Wildman–Crippen MR) is 116 cm³/mol. The third-order valence-electron chi connectivity index (χ3n) is 5.98.